The lowest BCUT2D eigenvalue weighted by Gasteiger charge is -2.31. The van der Waals surface area contributed by atoms with Crippen LogP contribution in [0, 0.1) is 10.1 Å². The molecule has 67 heavy (non-hydrogen) atoms. The quantitative estimate of drug-likeness (QED) is 0.0712. The highest BCUT2D eigenvalue weighted by Crippen LogP contribution is 2.65. The van der Waals surface area contributed by atoms with E-state index in [1.54, 1.807) is 6.07 Å². The summed E-state index contributed by atoms with van der Waals surface area (Å²) in [6, 6.07) is 10.3. The molecule has 27 heteroatoms. The smallest absolute Gasteiger partial charge is 0.346 e. The number of imidazole rings is 2. The van der Waals surface area contributed by atoms with Crippen molar-refractivity contribution in [3.05, 3.63) is 119 Å². The number of ether oxygens (including phenoxy) is 2. The number of alkyl halides is 2. The highest BCUT2D eigenvalue weighted by Gasteiger charge is 2.55. The van der Waals surface area contributed by atoms with E-state index < -0.39 is 124 Å². The second-order valence-electron chi connectivity index (χ2n) is 14.9. The lowest BCUT2D eigenvalue weighted by Crippen LogP contribution is -2.37. The van der Waals surface area contributed by atoms with Gasteiger partial charge in [-0.2, -0.15) is 0 Å². The molecule has 0 N–H and O–H groups in total. The highest BCUT2D eigenvalue weighted by molar-refractivity contribution is 8.54. The van der Waals surface area contributed by atoms with Gasteiger partial charge < -0.3 is 18.5 Å². The van der Waals surface area contributed by atoms with Crippen LogP contribution in [0.3, 0.4) is 0 Å². The number of allylic oxidation sites excluding steroid dienone is 1. The normalized spacial score (nSPS) is 34.3. The first kappa shape index (κ1) is 38.9. The summed E-state index contributed by atoms with van der Waals surface area (Å²) in [5, 5.41) is 12.0. The van der Waals surface area contributed by atoms with Gasteiger partial charge in [-0.15, -0.1) is 0 Å². The summed E-state index contributed by atoms with van der Waals surface area (Å²) in [4.78, 5) is 51.9. The molecule has 10 atom stereocenters. The van der Waals surface area contributed by atoms with Gasteiger partial charge in [0.05, 0.1) is 42.0 Å². The lowest BCUT2D eigenvalue weighted by atomic mass is 10.1. The first-order valence-electron chi connectivity index (χ1n) is 23.0. The van der Waals surface area contributed by atoms with Crippen LogP contribution in [0.5, 0.6) is 0 Å². The number of hydrogen-bond donors (Lipinski definition) is 0. The number of halogens is 2. The van der Waals surface area contributed by atoms with Gasteiger partial charge in [-0.3, -0.25) is 42.5 Å². The predicted octanol–water partition coefficient (Wildman–Crippen LogP) is 6.92. The van der Waals surface area contributed by atoms with Crippen LogP contribution in [0.4, 0.5) is 20.3 Å². The Bertz CT molecular complexity index is 3290. The number of hydrogen-bond acceptors (Lipinski definition) is 19. The molecule has 1 unspecified atom stereocenters. The van der Waals surface area contributed by atoms with Crippen molar-refractivity contribution in [1.29, 1.82) is 0 Å². The molecule has 0 saturated carbocycles. The number of anilines is 1. The molecule has 4 aromatic heterocycles. The monoisotopic (exact) mass is 1000 g/mol. The van der Waals surface area contributed by atoms with Gasteiger partial charge in [0.25, 0.3) is 11.6 Å². The molecule has 350 valence electrons. The minimum absolute atomic E-state index is 0.0908. The molecular formula is C40H38F2N10O11P2S2. The van der Waals surface area contributed by atoms with Crippen molar-refractivity contribution in [2.75, 3.05) is 31.7 Å². The Hall–Kier alpha value is -5.04. The van der Waals surface area contributed by atoms with Crippen LogP contribution in [0.2, 0.25) is 0 Å². The largest absolute Gasteiger partial charge is 0.390 e. The van der Waals surface area contributed by atoms with Gasteiger partial charge in [0.2, 0.25) is 0 Å². The molecule has 9 heterocycles. The third-order valence-electron chi connectivity index (χ3n) is 11.0. The summed E-state index contributed by atoms with van der Waals surface area (Å²) >= 11 is 6.17. The number of aromatic nitrogens is 8. The second kappa shape index (κ2) is 18.8. The number of rotatable bonds is 6. The van der Waals surface area contributed by atoms with E-state index in [1.807, 2.05) is 0 Å². The average Bonchev–Trinajstić information content (AvgIpc) is 4.15. The maximum atomic E-state index is 17.4. The Kier molecular flexibility index (Phi) is 10.9. The topological polar surface area (TPSA) is 232 Å². The minimum Gasteiger partial charge on any atom is -0.346 e. The molecular weight excluding hydrogens is 961 g/mol. The van der Waals surface area contributed by atoms with Crippen LogP contribution < -0.4 is 4.90 Å². The third kappa shape index (κ3) is 8.83. The van der Waals surface area contributed by atoms with E-state index in [1.165, 1.54) is 48.5 Å². The molecule has 0 aliphatic carbocycles. The standard InChI is InChI=1S/C40H38F2N10O11P2S2/c1-57-65(66)59-17-28-33-29(41)39(61-28)50-21-47-31-25(43-19-44-35(31)50)13-6-3-9-15-49(38(53)23-10-4-2-5-11-23)36-32-37(46-20-45-36)51(22-48-32)40-30(42)34(63-65)27(60-40)16-58-64(56,62-33)67-18-24-12-7-8-14-26(24)52(54)55/h2-5,7-12,14,19-22,27-30,33-34,39-40H,6,13,15-18H2,1H3/b9-3+/t27-,28-,29-,30-,33-,34-,39-,40?,64+,65-/m1/s1/i3D,6D2,9D,15D2. The van der Waals surface area contributed by atoms with E-state index in [0.29, 0.717) is 16.3 Å². The third-order valence-corrected chi connectivity index (χ3v) is 17.0. The van der Waals surface area contributed by atoms with Gasteiger partial charge in [0.15, 0.2) is 47.4 Å². The van der Waals surface area contributed by atoms with Crippen molar-refractivity contribution in [3.63, 3.8) is 0 Å². The number of nitrogens with zero attached hydrogens (tertiary/aromatic N) is 10. The Morgan fingerprint density at radius 1 is 0.910 bits per heavy atom. The van der Waals surface area contributed by atoms with Crippen LogP contribution in [-0.2, 0) is 60.6 Å². The molecule has 11 rings (SSSR count). The van der Waals surface area contributed by atoms with Crippen LogP contribution in [-0.4, -0.2) is 113 Å². The van der Waals surface area contributed by atoms with E-state index in [-0.39, 0.29) is 50.6 Å². The van der Waals surface area contributed by atoms with Crippen molar-refractivity contribution in [1.82, 2.24) is 39.0 Å². The van der Waals surface area contributed by atoms with Gasteiger partial charge in [0, 0.05) is 39.3 Å². The summed E-state index contributed by atoms with van der Waals surface area (Å²) in [6.07, 6.45) is -14.6. The van der Waals surface area contributed by atoms with E-state index in [9.17, 15) is 17.7 Å². The maximum absolute atomic E-state index is 17.4. The fraction of sp³-hybridized carbons (Fsp3) is 0.375. The number of amides is 1. The average molecular weight is 1000 g/mol. The maximum Gasteiger partial charge on any atom is 0.390 e. The van der Waals surface area contributed by atoms with Crippen LogP contribution in [0.1, 0.15) is 48.7 Å². The van der Waals surface area contributed by atoms with Crippen molar-refractivity contribution in [3.8, 4) is 0 Å². The van der Waals surface area contributed by atoms with Crippen molar-refractivity contribution < 1.29 is 63.4 Å². The molecule has 6 aromatic rings. The van der Waals surface area contributed by atoms with E-state index in [4.69, 9.17) is 49.4 Å². The van der Waals surface area contributed by atoms with E-state index in [2.05, 4.69) is 29.9 Å². The first-order valence-corrected chi connectivity index (χ1v) is 25.7. The molecule has 3 fully saturated rings. The van der Waals surface area contributed by atoms with Crippen molar-refractivity contribution in [2.45, 2.75) is 67.8 Å². The SMILES string of the molecule is [2H]/C1=C(/[2H])C([2H])([2H])N(C(=O)c2ccccc2)c2ncnc3c2ncn3C2O[C@@H]3CO[P@](=O)(SCc4ccccc4[N+](=O)[O-])O[C@H]4[C@@H](F)[C@@H](O[C@@H]4CO[P@](=S)(OC)O[C@H]3[C@H]2F)n2cnc3c(ncnc32)CC1([2H])[2H]. The summed E-state index contributed by atoms with van der Waals surface area (Å²) in [7, 11) is 1.13. The first-order chi connectivity index (χ1) is 34.7. The Morgan fingerprint density at radius 3 is 2.27 bits per heavy atom. The van der Waals surface area contributed by atoms with Gasteiger partial charge in [0.1, 0.15) is 42.6 Å². The van der Waals surface area contributed by atoms with Crippen LogP contribution >= 0.6 is 24.9 Å². The molecule has 14 bridgehead atoms. The molecule has 1 amide bonds. The predicted molar refractivity (Wildman–Crippen MR) is 239 cm³/mol. The fourth-order valence-corrected chi connectivity index (χ4v) is 12.7. The van der Waals surface area contributed by atoms with Crippen molar-refractivity contribution >= 4 is 76.4 Å². The molecule has 2 aromatic carbocycles. The number of nitro benzene ring substituents is 1. The van der Waals surface area contributed by atoms with Crippen LogP contribution in [0.25, 0.3) is 22.3 Å². The number of fused-ring (bicyclic) bond motifs is 10. The molecule has 3 saturated heterocycles. The molecule has 5 aliphatic rings. The molecule has 5 aliphatic heterocycles. The number of benzene rings is 2. The number of carbonyl (C=O) groups is 1. The Labute approximate surface area is 396 Å². The number of para-hydroxylation sites is 1. The van der Waals surface area contributed by atoms with E-state index >= 15 is 13.3 Å². The number of carbonyl (C=O) groups excluding carboxylic acids is 1. The second-order valence-corrected chi connectivity index (χ2v) is 22.0. The summed E-state index contributed by atoms with van der Waals surface area (Å²) in [5.41, 5.74) is -1.45. The van der Waals surface area contributed by atoms with Gasteiger partial charge in [-0.05, 0) is 48.1 Å². The zero-order valence-corrected chi connectivity index (χ0v) is 37.8. The molecule has 0 spiro atoms. The Balaban J connectivity index is 1.16. The summed E-state index contributed by atoms with van der Waals surface area (Å²) < 4.78 is 149. The zero-order chi connectivity index (χ0) is 51.8. The lowest BCUT2D eigenvalue weighted by molar-refractivity contribution is -0.385. The minimum atomic E-state index is -4.80. The molecule has 0 radical (unpaired) electrons. The fourth-order valence-electron chi connectivity index (χ4n) is 7.74. The Morgan fingerprint density at radius 2 is 1.55 bits per heavy atom. The van der Waals surface area contributed by atoms with E-state index in [0.717, 1.165) is 41.6 Å². The highest BCUT2D eigenvalue weighted by atomic mass is 32.7. The van der Waals surface area contributed by atoms with Crippen LogP contribution in [0.15, 0.2) is 92.0 Å². The van der Waals surface area contributed by atoms with Gasteiger partial charge in [-0.25, -0.2) is 43.2 Å². The number of aryl methyl sites for hydroxylation is 1. The zero-order valence-electron chi connectivity index (χ0n) is 40.4. The van der Waals surface area contributed by atoms with Gasteiger partial charge in [-0.1, -0.05) is 48.5 Å². The van der Waals surface area contributed by atoms with Crippen molar-refractivity contribution in [2.24, 2.45) is 0 Å². The molecule has 21 nitrogen and oxygen atoms in total. The number of nitro groups is 1. The van der Waals surface area contributed by atoms with Gasteiger partial charge >= 0.3 is 13.5 Å². The summed E-state index contributed by atoms with van der Waals surface area (Å²) in [5.74, 6) is -2.08. The summed E-state index contributed by atoms with van der Waals surface area (Å²) in [6.45, 7) is -13.8.